The predicted octanol–water partition coefficient (Wildman–Crippen LogP) is 2.88. The van der Waals surface area contributed by atoms with Crippen LogP contribution >= 0.6 is 0 Å². The lowest BCUT2D eigenvalue weighted by Crippen LogP contribution is -2.54. The normalized spacial score (nSPS) is 45.4. The monoisotopic (exact) mass is 346 g/mol. The van der Waals surface area contributed by atoms with E-state index in [1.54, 1.807) is 0 Å². The Balaban J connectivity index is 1.63. The number of carbonyl (C=O) groups excluding carboxylic acids is 2. The fourth-order valence-electron chi connectivity index (χ4n) is 5.83. The molecule has 0 aromatic carbocycles. The minimum Gasteiger partial charge on any atom is -0.458 e. The molecular formula is C20H26O5. The number of ether oxygens (including phenoxy) is 2. The minimum absolute atomic E-state index is 0.00734. The highest BCUT2D eigenvalue weighted by atomic mass is 16.6. The third-order valence-electron chi connectivity index (χ3n) is 7.50. The standard InChI is InChI=1S/C20H26O5/c1-11-9-15-20(3)13(18(23)24-15)5-4-6-14(20)19(11,2)8-7-12-10-16(21)25-17(12)22/h5,10-11,14-16,21H,4,6-9H2,1-3H3/t11-,14-,15-,16+,19+,20+/m1/s1. The van der Waals surface area contributed by atoms with E-state index in [4.69, 9.17) is 9.47 Å². The Labute approximate surface area is 148 Å². The van der Waals surface area contributed by atoms with Gasteiger partial charge in [-0.3, -0.25) is 0 Å². The molecule has 5 heteroatoms. The number of cyclic esters (lactones) is 1. The van der Waals surface area contributed by atoms with Crippen molar-refractivity contribution in [2.75, 3.05) is 0 Å². The molecule has 0 bridgehead atoms. The highest BCUT2D eigenvalue weighted by Crippen LogP contribution is 2.65. The Morgan fingerprint density at radius 2 is 2.00 bits per heavy atom. The van der Waals surface area contributed by atoms with Crippen LogP contribution < -0.4 is 0 Å². The van der Waals surface area contributed by atoms with Crippen molar-refractivity contribution in [3.05, 3.63) is 23.3 Å². The predicted molar refractivity (Wildman–Crippen MR) is 90.1 cm³/mol. The molecule has 6 atom stereocenters. The van der Waals surface area contributed by atoms with Gasteiger partial charge in [0, 0.05) is 16.6 Å². The van der Waals surface area contributed by atoms with Gasteiger partial charge in [0.05, 0.1) is 0 Å². The number of allylic oxidation sites excluding steroid dienone is 1. The van der Waals surface area contributed by atoms with Crippen LogP contribution in [0.1, 0.15) is 52.9 Å². The van der Waals surface area contributed by atoms with Gasteiger partial charge in [-0.05, 0) is 55.4 Å². The highest BCUT2D eigenvalue weighted by molar-refractivity contribution is 5.93. The van der Waals surface area contributed by atoms with E-state index in [-0.39, 0.29) is 22.9 Å². The molecule has 2 heterocycles. The number of aliphatic hydroxyl groups is 1. The van der Waals surface area contributed by atoms with Gasteiger partial charge in [0.1, 0.15) is 6.10 Å². The summed E-state index contributed by atoms with van der Waals surface area (Å²) in [6, 6.07) is 0. The van der Waals surface area contributed by atoms with E-state index in [1.165, 1.54) is 6.08 Å². The molecule has 4 aliphatic rings. The molecule has 0 aromatic rings. The van der Waals surface area contributed by atoms with Gasteiger partial charge in [-0.1, -0.05) is 26.8 Å². The van der Waals surface area contributed by atoms with E-state index in [0.717, 1.165) is 31.3 Å². The van der Waals surface area contributed by atoms with Gasteiger partial charge in [-0.15, -0.1) is 0 Å². The summed E-state index contributed by atoms with van der Waals surface area (Å²) in [7, 11) is 0. The van der Waals surface area contributed by atoms with Gasteiger partial charge in [0.2, 0.25) is 6.29 Å². The van der Waals surface area contributed by atoms with E-state index in [9.17, 15) is 14.7 Å². The summed E-state index contributed by atoms with van der Waals surface area (Å²) in [5.74, 6) is 0.193. The second kappa shape index (κ2) is 5.44. The summed E-state index contributed by atoms with van der Waals surface area (Å²) in [6.07, 6.45) is 6.70. The molecular weight excluding hydrogens is 320 g/mol. The van der Waals surface area contributed by atoms with Gasteiger partial charge in [0.15, 0.2) is 0 Å². The van der Waals surface area contributed by atoms with Gasteiger partial charge >= 0.3 is 11.9 Å². The van der Waals surface area contributed by atoms with Crippen LogP contribution in [0.5, 0.6) is 0 Å². The van der Waals surface area contributed by atoms with Gasteiger partial charge in [-0.25, -0.2) is 9.59 Å². The van der Waals surface area contributed by atoms with Crippen LogP contribution in [0.15, 0.2) is 23.3 Å². The Morgan fingerprint density at radius 1 is 1.24 bits per heavy atom. The molecule has 0 spiro atoms. The average molecular weight is 346 g/mol. The van der Waals surface area contributed by atoms with Crippen molar-refractivity contribution in [3.63, 3.8) is 0 Å². The van der Waals surface area contributed by atoms with E-state index < -0.39 is 12.3 Å². The summed E-state index contributed by atoms with van der Waals surface area (Å²) < 4.78 is 10.5. The lowest BCUT2D eigenvalue weighted by atomic mass is 9.46. The van der Waals surface area contributed by atoms with Crippen molar-refractivity contribution < 1.29 is 24.2 Å². The Kier molecular flexibility index (Phi) is 3.66. The number of hydrogen-bond acceptors (Lipinski definition) is 5. The molecule has 1 saturated carbocycles. The summed E-state index contributed by atoms with van der Waals surface area (Å²) in [4.78, 5) is 24.2. The molecule has 25 heavy (non-hydrogen) atoms. The number of esters is 2. The average Bonchev–Trinajstić information content (AvgIpc) is 3.00. The van der Waals surface area contributed by atoms with Crippen LogP contribution in [-0.4, -0.2) is 29.4 Å². The molecule has 1 N–H and O–H groups in total. The SMILES string of the molecule is C[C@@H]1C[C@H]2OC(=O)C3=CCC[C@H]([C@@]1(C)CCC1=C[C@@H](O)OC1=O)[C@]32C. The molecule has 1 saturated heterocycles. The van der Waals surface area contributed by atoms with Crippen LogP contribution in [-0.2, 0) is 19.1 Å². The lowest BCUT2D eigenvalue weighted by Gasteiger charge is -2.57. The summed E-state index contributed by atoms with van der Waals surface area (Å²) in [5, 5.41) is 9.48. The van der Waals surface area contributed by atoms with Crippen molar-refractivity contribution in [3.8, 4) is 0 Å². The summed E-state index contributed by atoms with van der Waals surface area (Å²) in [6.45, 7) is 6.72. The van der Waals surface area contributed by atoms with E-state index in [2.05, 4.69) is 26.8 Å². The van der Waals surface area contributed by atoms with Crippen LogP contribution in [0, 0.1) is 22.7 Å². The zero-order valence-electron chi connectivity index (χ0n) is 15.1. The highest BCUT2D eigenvalue weighted by Gasteiger charge is 2.64. The smallest absolute Gasteiger partial charge is 0.336 e. The van der Waals surface area contributed by atoms with E-state index in [1.807, 2.05) is 0 Å². The molecule has 5 nitrogen and oxygen atoms in total. The van der Waals surface area contributed by atoms with Crippen molar-refractivity contribution in [1.82, 2.24) is 0 Å². The first-order valence-electron chi connectivity index (χ1n) is 9.28. The molecule has 0 unspecified atom stereocenters. The van der Waals surface area contributed by atoms with Gasteiger partial charge in [-0.2, -0.15) is 0 Å². The second-order valence-corrected chi connectivity index (χ2v) is 8.55. The molecule has 2 fully saturated rings. The molecule has 4 rings (SSSR count). The van der Waals surface area contributed by atoms with Crippen molar-refractivity contribution in [2.24, 2.45) is 22.7 Å². The lowest BCUT2D eigenvalue weighted by molar-refractivity contribution is -0.152. The summed E-state index contributed by atoms with van der Waals surface area (Å²) in [5.41, 5.74) is 1.22. The van der Waals surface area contributed by atoms with Gasteiger partial charge < -0.3 is 14.6 Å². The zero-order chi connectivity index (χ0) is 18.0. The fraction of sp³-hybridized carbons (Fsp3) is 0.700. The maximum atomic E-state index is 12.3. The summed E-state index contributed by atoms with van der Waals surface area (Å²) >= 11 is 0. The Hall–Kier alpha value is -1.62. The first-order chi connectivity index (χ1) is 11.8. The minimum atomic E-state index is -1.11. The first kappa shape index (κ1) is 16.8. The van der Waals surface area contributed by atoms with Gasteiger partial charge in [0.25, 0.3) is 0 Å². The van der Waals surface area contributed by atoms with Crippen molar-refractivity contribution >= 4 is 11.9 Å². The second-order valence-electron chi connectivity index (χ2n) is 8.55. The molecule has 2 aliphatic heterocycles. The number of carbonyl (C=O) groups is 2. The largest absolute Gasteiger partial charge is 0.458 e. The number of rotatable bonds is 3. The van der Waals surface area contributed by atoms with Crippen molar-refractivity contribution in [1.29, 1.82) is 0 Å². The van der Waals surface area contributed by atoms with Crippen LogP contribution in [0.25, 0.3) is 0 Å². The third-order valence-corrected chi connectivity index (χ3v) is 7.50. The quantitative estimate of drug-likeness (QED) is 0.796. The van der Waals surface area contributed by atoms with Crippen molar-refractivity contribution in [2.45, 2.75) is 65.3 Å². The zero-order valence-corrected chi connectivity index (χ0v) is 15.1. The number of hydrogen-bond donors (Lipinski definition) is 1. The van der Waals surface area contributed by atoms with E-state index in [0.29, 0.717) is 23.8 Å². The molecule has 0 amide bonds. The first-order valence-corrected chi connectivity index (χ1v) is 9.28. The maximum absolute atomic E-state index is 12.3. The Bertz CT molecular complexity index is 692. The maximum Gasteiger partial charge on any atom is 0.336 e. The van der Waals surface area contributed by atoms with Crippen LogP contribution in [0.3, 0.4) is 0 Å². The number of aliphatic hydroxyl groups excluding tert-OH is 1. The molecule has 2 aliphatic carbocycles. The Morgan fingerprint density at radius 3 is 2.68 bits per heavy atom. The van der Waals surface area contributed by atoms with Crippen LogP contribution in [0.4, 0.5) is 0 Å². The molecule has 0 aromatic heterocycles. The van der Waals surface area contributed by atoms with E-state index >= 15 is 0 Å². The van der Waals surface area contributed by atoms with Crippen LogP contribution in [0.2, 0.25) is 0 Å². The molecule has 136 valence electrons. The fourth-order valence-corrected chi connectivity index (χ4v) is 5.83. The molecule has 0 radical (unpaired) electrons. The topological polar surface area (TPSA) is 72.8 Å². The third kappa shape index (κ3) is 2.24.